The molecule has 0 aromatic carbocycles. The quantitative estimate of drug-likeness (QED) is 0.608. The fraction of sp³-hybridized carbons (Fsp3) is 0.273. The Bertz CT molecular complexity index is 427. The van der Waals surface area contributed by atoms with E-state index in [-0.39, 0.29) is 5.91 Å². The molecule has 70 valence electrons. The number of fused-ring (bicyclic) bond motifs is 2. The predicted molar refractivity (Wildman–Crippen MR) is 53.6 cm³/mol. The number of carbonyl (C=O) groups excluding carboxylic acids is 1. The van der Waals surface area contributed by atoms with Crippen molar-refractivity contribution in [1.82, 2.24) is 5.32 Å². The van der Waals surface area contributed by atoms with E-state index < -0.39 is 0 Å². The number of allylic oxidation sites excluding steroid dienone is 4. The van der Waals surface area contributed by atoms with Gasteiger partial charge in [0.25, 0.3) is 0 Å². The number of hydrogen-bond acceptors (Lipinski definition) is 2. The maximum absolute atomic E-state index is 11.3. The highest BCUT2D eigenvalue weighted by molar-refractivity contribution is 6.14. The number of piperidine rings is 1. The molecule has 1 aliphatic carbocycles. The molecule has 2 aliphatic heterocycles. The minimum Gasteiger partial charge on any atom is -0.328 e. The molecule has 0 radical (unpaired) electrons. The number of amides is 1. The van der Waals surface area contributed by atoms with Crippen molar-refractivity contribution < 1.29 is 4.79 Å². The molecule has 0 aromatic rings. The van der Waals surface area contributed by atoms with Crippen LogP contribution in [-0.2, 0) is 4.79 Å². The van der Waals surface area contributed by atoms with Crippen LogP contribution >= 0.6 is 0 Å². The second-order valence-electron chi connectivity index (χ2n) is 3.71. The maximum Gasteiger partial charge on any atom is 0.224 e. The van der Waals surface area contributed by atoms with E-state index in [1.54, 1.807) is 6.20 Å². The number of nitrogens with one attached hydrogen (secondary N) is 1. The van der Waals surface area contributed by atoms with Crippen molar-refractivity contribution in [3.8, 4) is 0 Å². The zero-order valence-electron chi connectivity index (χ0n) is 7.66. The largest absolute Gasteiger partial charge is 0.328 e. The molecule has 3 heteroatoms. The van der Waals surface area contributed by atoms with Gasteiger partial charge in [0, 0.05) is 29.8 Å². The molecule has 2 heterocycles. The number of nitrogens with zero attached hydrogens (tertiary/aromatic N) is 1. The van der Waals surface area contributed by atoms with Crippen LogP contribution in [0.15, 0.2) is 40.7 Å². The lowest BCUT2D eigenvalue weighted by Crippen LogP contribution is -2.35. The van der Waals surface area contributed by atoms with Crippen molar-refractivity contribution in [2.45, 2.75) is 12.8 Å². The molecule has 0 saturated carbocycles. The first-order valence-corrected chi connectivity index (χ1v) is 4.81. The highest BCUT2D eigenvalue weighted by atomic mass is 16.1. The number of hydrogen-bond donors (Lipinski definition) is 1. The summed E-state index contributed by atoms with van der Waals surface area (Å²) in [6, 6.07) is 0. The van der Waals surface area contributed by atoms with E-state index in [9.17, 15) is 4.79 Å². The van der Waals surface area contributed by atoms with E-state index in [1.807, 2.05) is 12.2 Å². The lowest BCUT2D eigenvalue weighted by atomic mass is 9.86. The average Bonchev–Trinajstić information content (AvgIpc) is 2.65. The van der Waals surface area contributed by atoms with Gasteiger partial charge in [0.2, 0.25) is 5.91 Å². The van der Waals surface area contributed by atoms with Gasteiger partial charge >= 0.3 is 0 Å². The Labute approximate surface area is 81.9 Å². The Morgan fingerprint density at radius 3 is 3.29 bits per heavy atom. The van der Waals surface area contributed by atoms with Crippen molar-refractivity contribution in [2.24, 2.45) is 10.9 Å². The Kier molecular flexibility index (Phi) is 1.48. The summed E-state index contributed by atoms with van der Waals surface area (Å²) >= 11 is 0. The fourth-order valence-corrected chi connectivity index (χ4v) is 2.11. The van der Waals surface area contributed by atoms with E-state index in [4.69, 9.17) is 0 Å². The molecule has 0 spiro atoms. The standard InChI is InChI=1S/C11H10N2O/c14-10-4-2-7-1-3-9-8(5-6-12-9)11(7)13-10/h1,3,5-7H,2,4H2,(H,13,14). The van der Waals surface area contributed by atoms with Gasteiger partial charge in [-0.05, 0) is 18.6 Å². The summed E-state index contributed by atoms with van der Waals surface area (Å²) in [6.07, 6.45) is 9.47. The fourth-order valence-electron chi connectivity index (χ4n) is 2.11. The summed E-state index contributed by atoms with van der Waals surface area (Å²) in [6.45, 7) is 0. The van der Waals surface area contributed by atoms with Crippen LogP contribution in [0, 0.1) is 5.92 Å². The molecule has 14 heavy (non-hydrogen) atoms. The van der Waals surface area contributed by atoms with E-state index in [2.05, 4.69) is 16.4 Å². The summed E-state index contributed by atoms with van der Waals surface area (Å²) in [5.74, 6) is 0.503. The number of carbonyl (C=O) groups is 1. The Balaban J connectivity index is 2.08. The van der Waals surface area contributed by atoms with Gasteiger partial charge in [0.1, 0.15) is 0 Å². The van der Waals surface area contributed by atoms with Gasteiger partial charge in [-0.1, -0.05) is 6.08 Å². The van der Waals surface area contributed by atoms with Gasteiger partial charge in [-0.3, -0.25) is 9.79 Å². The smallest absolute Gasteiger partial charge is 0.224 e. The lowest BCUT2D eigenvalue weighted by molar-refractivity contribution is -0.121. The molecule has 1 saturated heterocycles. The molecule has 3 rings (SSSR count). The molecule has 0 aromatic heterocycles. The van der Waals surface area contributed by atoms with Crippen LogP contribution in [0.3, 0.4) is 0 Å². The summed E-state index contributed by atoms with van der Waals surface area (Å²) in [4.78, 5) is 15.5. The van der Waals surface area contributed by atoms with Crippen LogP contribution in [-0.4, -0.2) is 11.6 Å². The second-order valence-corrected chi connectivity index (χ2v) is 3.71. The monoisotopic (exact) mass is 186 g/mol. The van der Waals surface area contributed by atoms with Crippen LogP contribution in [0.2, 0.25) is 0 Å². The minimum absolute atomic E-state index is 0.124. The zero-order valence-corrected chi connectivity index (χ0v) is 7.66. The Hall–Kier alpha value is -1.64. The normalized spacial score (nSPS) is 28.4. The molecule has 1 unspecified atom stereocenters. The number of aliphatic imine (C=N–C) groups is 1. The van der Waals surface area contributed by atoms with Crippen LogP contribution in [0.1, 0.15) is 12.8 Å². The van der Waals surface area contributed by atoms with Gasteiger partial charge in [-0.25, -0.2) is 0 Å². The van der Waals surface area contributed by atoms with Crippen molar-refractivity contribution in [3.63, 3.8) is 0 Å². The Morgan fingerprint density at radius 2 is 2.36 bits per heavy atom. The topological polar surface area (TPSA) is 41.5 Å². The van der Waals surface area contributed by atoms with Gasteiger partial charge in [0.05, 0.1) is 5.71 Å². The van der Waals surface area contributed by atoms with E-state index in [1.165, 1.54) is 0 Å². The number of rotatable bonds is 0. The van der Waals surface area contributed by atoms with Gasteiger partial charge in [-0.2, -0.15) is 0 Å². The van der Waals surface area contributed by atoms with Crippen LogP contribution in [0.25, 0.3) is 0 Å². The molecule has 1 atom stereocenters. The molecule has 1 N–H and O–H groups in total. The maximum atomic E-state index is 11.3. The summed E-state index contributed by atoms with van der Waals surface area (Å²) in [5, 5.41) is 2.95. The molecular weight excluding hydrogens is 176 g/mol. The minimum atomic E-state index is 0.124. The molecule has 1 amide bonds. The second kappa shape index (κ2) is 2.67. The van der Waals surface area contributed by atoms with Crippen LogP contribution in [0.5, 0.6) is 0 Å². The van der Waals surface area contributed by atoms with Crippen molar-refractivity contribution >= 4 is 11.6 Å². The van der Waals surface area contributed by atoms with Crippen LogP contribution < -0.4 is 5.32 Å². The molecule has 3 aliphatic rings. The highest BCUT2D eigenvalue weighted by Crippen LogP contribution is 2.30. The van der Waals surface area contributed by atoms with Crippen LogP contribution in [0.4, 0.5) is 0 Å². The first-order valence-electron chi connectivity index (χ1n) is 4.81. The highest BCUT2D eigenvalue weighted by Gasteiger charge is 2.28. The molecular formula is C11H10N2O. The third-order valence-corrected chi connectivity index (χ3v) is 2.83. The summed E-state index contributed by atoms with van der Waals surface area (Å²) in [7, 11) is 0. The lowest BCUT2D eigenvalue weighted by Gasteiger charge is -2.27. The van der Waals surface area contributed by atoms with E-state index in [0.29, 0.717) is 12.3 Å². The van der Waals surface area contributed by atoms with E-state index in [0.717, 1.165) is 23.4 Å². The van der Waals surface area contributed by atoms with Crippen molar-refractivity contribution in [1.29, 1.82) is 0 Å². The third-order valence-electron chi connectivity index (χ3n) is 2.83. The average molecular weight is 186 g/mol. The molecule has 1 fully saturated rings. The summed E-state index contributed by atoms with van der Waals surface area (Å²) < 4.78 is 0. The van der Waals surface area contributed by atoms with Gasteiger partial charge < -0.3 is 5.32 Å². The SMILES string of the molecule is O=C1CCC2C=CC3=NC=CC3=C2N1. The summed E-state index contributed by atoms with van der Waals surface area (Å²) in [5.41, 5.74) is 3.10. The third kappa shape index (κ3) is 0.985. The molecule has 0 bridgehead atoms. The van der Waals surface area contributed by atoms with Crippen molar-refractivity contribution in [2.75, 3.05) is 0 Å². The first-order chi connectivity index (χ1) is 6.84. The first kappa shape index (κ1) is 7.74. The molecule has 3 nitrogen and oxygen atoms in total. The van der Waals surface area contributed by atoms with Gasteiger partial charge in [-0.15, -0.1) is 0 Å². The zero-order chi connectivity index (χ0) is 9.54. The van der Waals surface area contributed by atoms with Gasteiger partial charge in [0.15, 0.2) is 0 Å². The van der Waals surface area contributed by atoms with E-state index >= 15 is 0 Å². The Morgan fingerprint density at radius 1 is 1.43 bits per heavy atom. The van der Waals surface area contributed by atoms with Crippen molar-refractivity contribution in [3.05, 3.63) is 35.7 Å². The predicted octanol–water partition coefficient (Wildman–Crippen LogP) is 1.30.